The molecule has 2 aliphatic rings. The number of carbonyl (C=O) groups excluding carboxylic acids is 2. The van der Waals surface area contributed by atoms with Gasteiger partial charge in [0.25, 0.3) is 0 Å². The van der Waals surface area contributed by atoms with Gasteiger partial charge in [0.2, 0.25) is 5.91 Å². The van der Waals surface area contributed by atoms with Crippen LogP contribution in [-0.2, 0) is 22.5 Å². The van der Waals surface area contributed by atoms with Crippen molar-refractivity contribution in [3.63, 3.8) is 0 Å². The second-order valence-electron chi connectivity index (χ2n) is 10.7. The monoisotopic (exact) mass is 593 g/mol. The number of ether oxygens (including phenoxy) is 2. The standard InChI is InChI=1S/C33H28ClN5O4/c34-25-17-23(11-12-29(25)43-28-8-4-7-27-24(28)18-30(40)39(27)19-21-9-10-21)37-32-31-26(35-20-36-32)13-14-38(31)15-16-42-33(41)22-5-2-1-3-6-22/h1-8,11-14,17,20-21H,9-10,15-16,18-19H2,(H,35,36,37). The van der Waals surface area contributed by atoms with Crippen molar-refractivity contribution in [2.24, 2.45) is 5.92 Å². The quantitative estimate of drug-likeness (QED) is 0.178. The van der Waals surface area contributed by atoms with Gasteiger partial charge in [0.1, 0.15) is 29.9 Å². The number of rotatable bonds is 10. The van der Waals surface area contributed by atoms with Gasteiger partial charge in [-0.15, -0.1) is 0 Å². The molecule has 1 saturated carbocycles. The molecule has 7 rings (SSSR count). The lowest BCUT2D eigenvalue weighted by atomic mass is 10.1. The van der Waals surface area contributed by atoms with E-state index < -0.39 is 0 Å². The zero-order chi connectivity index (χ0) is 29.3. The van der Waals surface area contributed by atoms with E-state index in [0.29, 0.717) is 52.5 Å². The second-order valence-corrected chi connectivity index (χ2v) is 11.1. The SMILES string of the molecule is O=C(OCCn1ccc2ncnc(Nc3ccc(Oc4cccc5c4CC(=O)N5CC4CC4)c(Cl)c3)c21)c1ccccc1. The molecule has 1 fully saturated rings. The molecule has 43 heavy (non-hydrogen) atoms. The van der Waals surface area contributed by atoms with E-state index in [1.54, 1.807) is 36.4 Å². The molecule has 5 aromatic rings. The number of nitrogens with one attached hydrogen (secondary N) is 1. The maximum atomic E-state index is 12.7. The Kier molecular flexibility index (Phi) is 7.16. The Balaban J connectivity index is 1.06. The summed E-state index contributed by atoms with van der Waals surface area (Å²) < 4.78 is 13.7. The number of anilines is 3. The highest BCUT2D eigenvalue weighted by atomic mass is 35.5. The average Bonchev–Trinajstić information content (AvgIpc) is 3.66. The lowest BCUT2D eigenvalue weighted by molar-refractivity contribution is -0.117. The number of esters is 1. The van der Waals surface area contributed by atoms with Crippen LogP contribution < -0.4 is 15.0 Å². The van der Waals surface area contributed by atoms with Crippen molar-refractivity contribution >= 4 is 51.7 Å². The van der Waals surface area contributed by atoms with Crippen molar-refractivity contribution in [1.82, 2.24) is 14.5 Å². The number of nitrogens with zero attached hydrogens (tertiary/aromatic N) is 4. The first-order chi connectivity index (χ1) is 21.0. The fraction of sp³-hybridized carbons (Fsp3) is 0.212. The molecule has 216 valence electrons. The Morgan fingerprint density at radius 1 is 1.00 bits per heavy atom. The third-order valence-electron chi connectivity index (χ3n) is 7.71. The van der Waals surface area contributed by atoms with E-state index in [9.17, 15) is 9.59 Å². The fourth-order valence-electron chi connectivity index (χ4n) is 5.34. The number of aromatic nitrogens is 3. The summed E-state index contributed by atoms with van der Waals surface area (Å²) in [6.45, 7) is 1.39. The van der Waals surface area contributed by atoms with Gasteiger partial charge in [0, 0.05) is 24.0 Å². The molecule has 9 nitrogen and oxygen atoms in total. The highest BCUT2D eigenvalue weighted by molar-refractivity contribution is 6.32. The number of amides is 1. The lowest BCUT2D eigenvalue weighted by Gasteiger charge is -2.18. The number of halogens is 1. The predicted molar refractivity (Wildman–Crippen MR) is 164 cm³/mol. The smallest absolute Gasteiger partial charge is 0.338 e. The summed E-state index contributed by atoms with van der Waals surface area (Å²) >= 11 is 6.68. The van der Waals surface area contributed by atoms with Gasteiger partial charge in [-0.3, -0.25) is 4.79 Å². The van der Waals surface area contributed by atoms with E-state index in [1.165, 1.54) is 19.2 Å². The topological polar surface area (TPSA) is 98.6 Å². The van der Waals surface area contributed by atoms with E-state index in [2.05, 4.69) is 15.3 Å². The van der Waals surface area contributed by atoms with Crippen LogP contribution in [0.4, 0.5) is 17.2 Å². The van der Waals surface area contributed by atoms with Gasteiger partial charge in [-0.1, -0.05) is 35.9 Å². The fourth-order valence-corrected chi connectivity index (χ4v) is 5.56. The normalized spacial score (nSPS) is 14.2. The minimum atomic E-state index is -0.369. The van der Waals surface area contributed by atoms with E-state index in [-0.39, 0.29) is 18.5 Å². The Morgan fingerprint density at radius 3 is 2.67 bits per heavy atom. The largest absolute Gasteiger partial charge is 0.460 e. The highest BCUT2D eigenvalue weighted by Gasteiger charge is 2.34. The number of benzene rings is 3. The molecule has 2 aromatic heterocycles. The molecule has 10 heteroatoms. The summed E-state index contributed by atoms with van der Waals surface area (Å²) in [6.07, 6.45) is 6.07. The highest BCUT2D eigenvalue weighted by Crippen LogP contribution is 2.42. The maximum absolute atomic E-state index is 12.7. The van der Waals surface area contributed by atoms with Crippen molar-refractivity contribution in [3.8, 4) is 11.5 Å². The van der Waals surface area contributed by atoms with Gasteiger partial charge < -0.3 is 24.3 Å². The van der Waals surface area contributed by atoms with Gasteiger partial charge in [-0.25, -0.2) is 14.8 Å². The molecule has 1 amide bonds. The zero-order valence-corrected chi connectivity index (χ0v) is 24.0. The summed E-state index contributed by atoms with van der Waals surface area (Å²) in [4.78, 5) is 35.8. The molecule has 1 aliphatic carbocycles. The van der Waals surface area contributed by atoms with Gasteiger partial charge in [-0.05, 0) is 67.3 Å². The first kappa shape index (κ1) is 27.0. The van der Waals surface area contributed by atoms with Gasteiger partial charge in [0.05, 0.1) is 34.8 Å². The number of fused-ring (bicyclic) bond motifs is 2. The van der Waals surface area contributed by atoms with Crippen molar-refractivity contribution in [1.29, 1.82) is 0 Å². The molecule has 0 bridgehead atoms. The molecule has 0 atom stereocenters. The first-order valence-corrected chi connectivity index (χ1v) is 14.6. The summed E-state index contributed by atoms with van der Waals surface area (Å²) in [5.74, 6) is 2.06. The minimum Gasteiger partial charge on any atom is -0.460 e. The van der Waals surface area contributed by atoms with Crippen LogP contribution in [0.15, 0.2) is 85.3 Å². The third-order valence-corrected chi connectivity index (χ3v) is 8.00. The summed E-state index contributed by atoms with van der Waals surface area (Å²) in [7, 11) is 0. The number of carbonyl (C=O) groups is 2. The summed E-state index contributed by atoms with van der Waals surface area (Å²) in [5.41, 5.74) is 4.57. The Hall–Kier alpha value is -4.89. The van der Waals surface area contributed by atoms with Crippen LogP contribution in [0.25, 0.3) is 11.0 Å². The van der Waals surface area contributed by atoms with Crippen molar-refractivity contribution in [3.05, 3.63) is 101 Å². The first-order valence-electron chi connectivity index (χ1n) is 14.2. The average molecular weight is 594 g/mol. The molecule has 3 aromatic carbocycles. The number of hydrogen-bond donors (Lipinski definition) is 1. The van der Waals surface area contributed by atoms with Crippen LogP contribution in [0.3, 0.4) is 0 Å². The summed E-state index contributed by atoms with van der Waals surface area (Å²) in [6, 6.07) is 22.0. The van der Waals surface area contributed by atoms with Crippen molar-refractivity contribution < 1.29 is 19.1 Å². The van der Waals surface area contributed by atoms with E-state index >= 15 is 0 Å². The molecule has 3 heterocycles. The summed E-state index contributed by atoms with van der Waals surface area (Å²) in [5, 5.41) is 3.75. The molecule has 0 radical (unpaired) electrons. The second kappa shape index (κ2) is 11.4. The van der Waals surface area contributed by atoms with Crippen LogP contribution in [0.2, 0.25) is 5.02 Å². The van der Waals surface area contributed by atoms with Crippen LogP contribution in [0.1, 0.15) is 28.8 Å². The molecular weight excluding hydrogens is 566 g/mol. The predicted octanol–water partition coefficient (Wildman–Crippen LogP) is 6.78. The van der Waals surface area contributed by atoms with Crippen LogP contribution in [0, 0.1) is 5.92 Å². The van der Waals surface area contributed by atoms with Crippen LogP contribution in [-0.4, -0.2) is 39.6 Å². The molecule has 0 unspecified atom stereocenters. The molecule has 1 N–H and O–H groups in total. The van der Waals surface area contributed by atoms with Crippen LogP contribution in [0.5, 0.6) is 11.5 Å². The van der Waals surface area contributed by atoms with Gasteiger partial charge in [0.15, 0.2) is 5.82 Å². The Labute approximate surface area is 253 Å². The Morgan fingerprint density at radius 2 is 1.86 bits per heavy atom. The van der Waals surface area contributed by atoms with Gasteiger partial charge >= 0.3 is 5.97 Å². The van der Waals surface area contributed by atoms with Gasteiger partial charge in [-0.2, -0.15) is 0 Å². The van der Waals surface area contributed by atoms with E-state index in [4.69, 9.17) is 21.1 Å². The molecule has 0 saturated heterocycles. The number of hydrogen-bond acceptors (Lipinski definition) is 7. The third kappa shape index (κ3) is 5.63. The van der Waals surface area contributed by atoms with E-state index in [0.717, 1.165) is 28.8 Å². The Bertz CT molecular complexity index is 1840. The molecular formula is C33H28ClN5O4. The van der Waals surface area contributed by atoms with Crippen molar-refractivity contribution in [2.75, 3.05) is 23.4 Å². The minimum absolute atomic E-state index is 0.110. The molecule has 1 aliphatic heterocycles. The van der Waals surface area contributed by atoms with Crippen molar-refractivity contribution in [2.45, 2.75) is 25.8 Å². The molecule has 0 spiro atoms. The van der Waals surface area contributed by atoms with E-state index in [1.807, 2.05) is 52.1 Å². The lowest BCUT2D eigenvalue weighted by Crippen LogP contribution is -2.28. The zero-order valence-electron chi connectivity index (χ0n) is 23.2. The van der Waals surface area contributed by atoms with Crippen LogP contribution >= 0.6 is 11.6 Å². The maximum Gasteiger partial charge on any atom is 0.338 e.